The number of benzene rings is 11. The van der Waals surface area contributed by atoms with E-state index in [0.29, 0.717) is 0 Å². The molecule has 0 bridgehead atoms. The standard InChI is InChI=1S/C63H43N/c1-4-19-44(20-5-1)52-40-41-53(55-29-13-12-28-54(52)55)46-35-37-49(38-36-46)64(62-34-17-15-31-58(62)56-32-18-22-45-21-10-11-27-51(45)56)50-39-42-61-59(43-50)57-30-14-16-33-60(57)63(61,47-23-6-2-7-24-47)48-25-8-3-9-26-48/h1-43H. The first-order chi connectivity index (χ1) is 31.8. The molecule has 0 spiro atoms. The molecule has 11 aromatic rings. The highest BCUT2D eigenvalue weighted by Gasteiger charge is 2.46. The Bertz CT molecular complexity index is 3440. The van der Waals surface area contributed by atoms with Crippen molar-refractivity contribution in [3.8, 4) is 44.5 Å². The normalized spacial score (nSPS) is 12.5. The lowest BCUT2D eigenvalue weighted by molar-refractivity contribution is 0.768. The van der Waals surface area contributed by atoms with E-state index in [1.54, 1.807) is 0 Å². The zero-order valence-corrected chi connectivity index (χ0v) is 35.3. The molecule has 1 aliphatic carbocycles. The highest BCUT2D eigenvalue weighted by Crippen LogP contribution is 2.57. The summed E-state index contributed by atoms with van der Waals surface area (Å²) < 4.78 is 0. The van der Waals surface area contributed by atoms with E-state index in [4.69, 9.17) is 0 Å². The predicted octanol–water partition coefficient (Wildman–Crippen LogP) is 16.8. The van der Waals surface area contributed by atoms with Crippen LogP contribution in [0.4, 0.5) is 17.1 Å². The molecule has 0 unspecified atom stereocenters. The van der Waals surface area contributed by atoms with E-state index in [-0.39, 0.29) is 0 Å². The van der Waals surface area contributed by atoms with Crippen LogP contribution < -0.4 is 4.90 Å². The lowest BCUT2D eigenvalue weighted by Gasteiger charge is -2.34. The van der Waals surface area contributed by atoms with Gasteiger partial charge in [-0.3, -0.25) is 0 Å². The number of hydrogen-bond acceptors (Lipinski definition) is 1. The highest BCUT2D eigenvalue weighted by atomic mass is 15.1. The Hall–Kier alpha value is -8.26. The molecule has 300 valence electrons. The van der Waals surface area contributed by atoms with Crippen LogP contribution in [0.1, 0.15) is 22.3 Å². The highest BCUT2D eigenvalue weighted by molar-refractivity contribution is 6.06. The maximum Gasteiger partial charge on any atom is 0.0713 e. The van der Waals surface area contributed by atoms with Crippen molar-refractivity contribution in [3.05, 3.63) is 283 Å². The zero-order valence-electron chi connectivity index (χ0n) is 35.3. The molecular weight excluding hydrogens is 771 g/mol. The molecule has 1 nitrogen and oxygen atoms in total. The van der Waals surface area contributed by atoms with Crippen molar-refractivity contribution in [2.45, 2.75) is 5.41 Å². The summed E-state index contributed by atoms with van der Waals surface area (Å²) in [4.78, 5) is 2.46. The quantitative estimate of drug-likeness (QED) is 0.148. The van der Waals surface area contributed by atoms with Gasteiger partial charge in [-0.25, -0.2) is 0 Å². The van der Waals surface area contributed by atoms with Crippen LogP contribution in [0.25, 0.3) is 66.1 Å². The fourth-order valence-electron chi connectivity index (χ4n) is 10.6. The Kier molecular flexibility index (Phi) is 9.13. The van der Waals surface area contributed by atoms with Crippen LogP contribution in [-0.4, -0.2) is 0 Å². The van der Waals surface area contributed by atoms with Crippen molar-refractivity contribution in [2.75, 3.05) is 4.90 Å². The summed E-state index contributed by atoms with van der Waals surface area (Å²) in [6.07, 6.45) is 0. The average Bonchev–Trinajstić information content (AvgIpc) is 3.67. The maximum atomic E-state index is 2.46. The molecule has 0 N–H and O–H groups in total. The van der Waals surface area contributed by atoms with Crippen molar-refractivity contribution < 1.29 is 0 Å². The molecule has 1 heteroatoms. The van der Waals surface area contributed by atoms with Gasteiger partial charge in [0.15, 0.2) is 0 Å². The van der Waals surface area contributed by atoms with E-state index in [9.17, 15) is 0 Å². The Morgan fingerprint density at radius 2 is 0.750 bits per heavy atom. The van der Waals surface area contributed by atoms with Crippen LogP contribution in [0, 0.1) is 0 Å². The van der Waals surface area contributed by atoms with Gasteiger partial charge < -0.3 is 4.90 Å². The third kappa shape index (κ3) is 6.01. The fourth-order valence-corrected chi connectivity index (χ4v) is 10.6. The van der Waals surface area contributed by atoms with Crippen LogP contribution in [0.3, 0.4) is 0 Å². The average molecular weight is 814 g/mol. The van der Waals surface area contributed by atoms with E-state index in [1.165, 1.54) is 88.3 Å². The summed E-state index contributed by atoms with van der Waals surface area (Å²) in [5.41, 5.74) is 17.7. The molecular formula is C63H43N. The van der Waals surface area contributed by atoms with Gasteiger partial charge in [-0.1, -0.05) is 231 Å². The largest absolute Gasteiger partial charge is 0.310 e. The van der Waals surface area contributed by atoms with Crippen molar-refractivity contribution in [2.24, 2.45) is 0 Å². The number of anilines is 3. The lowest BCUT2D eigenvalue weighted by atomic mass is 9.68. The second-order valence-corrected chi connectivity index (χ2v) is 16.8. The molecule has 0 aromatic heterocycles. The minimum absolute atomic E-state index is 0.473. The Labute approximate surface area is 374 Å². The van der Waals surface area contributed by atoms with E-state index in [1.807, 2.05) is 0 Å². The van der Waals surface area contributed by atoms with Gasteiger partial charge in [-0.15, -0.1) is 0 Å². The monoisotopic (exact) mass is 813 g/mol. The van der Waals surface area contributed by atoms with E-state index in [2.05, 4.69) is 266 Å². The van der Waals surface area contributed by atoms with Crippen molar-refractivity contribution in [3.63, 3.8) is 0 Å². The van der Waals surface area contributed by atoms with Gasteiger partial charge in [0, 0.05) is 16.9 Å². The van der Waals surface area contributed by atoms with E-state index in [0.717, 1.165) is 17.1 Å². The molecule has 11 aromatic carbocycles. The number of rotatable bonds is 8. The summed E-state index contributed by atoms with van der Waals surface area (Å²) in [6.45, 7) is 0. The van der Waals surface area contributed by atoms with E-state index >= 15 is 0 Å². The molecule has 1 aliphatic rings. The molecule has 0 saturated heterocycles. The second-order valence-electron chi connectivity index (χ2n) is 16.8. The van der Waals surface area contributed by atoms with Crippen LogP contribution in [0.5, 0.6) is 0 Å². The molecule has 64 heavy (non-hydrogen) atoms. The van der Waals surface area contributed by atoms with Gasteiger partial charge in [0.1, 0.15) is 0 Å². The number of para-hydroxylation sites is 1. The first-order valence-electron chi connectivity index (χ1n) is 22.2. The first-order valence-corrected chi connectivity index (χ1v) is 22.2. The van der Waals surface area contributed by atoms with Crippen LogP contribution in [0.15, 0.2) is 261 Å². The Morgan fingerprint density at radius 3 is 1.44 bits per heavy atom. The van der Waals surface area contributed by atoms with Crippen LogP contribution in [-0.2, 0) is 5.41 Å². The minimum atomic E-state index is -0.473. The molecule has 0 heterocycles. The molecule has 12 rings (SSSR count). The maximum absolute atomic E-state index is 2.46. The fraction of sp³-hybridized carbons (Fsp3) is 0.0159. The van der Waals surface area contributed by atoms with Crippen molar-refractivity contribution in [1.29, 1.82) is 0 Å². The number of fused-ring (bicyclic) bond motifs is 5. The summed E-state index contributed by atoms with van der Waals surface area (Å²) in [7, 11) is 0. The molecule has 0 fully saturated rings. The van der Waals surface area contributed by atoms with Gasteiger partial charge in [-0.05, 0) is 113 Å². The van der Waals surface area contributed by atoms with Gasteiger partial charge in [-0.2, -0.15) is 0 Å². The third-order valence-electron chi connectivity index (χ3n) is 13.4. The number of hydrogen-bond donors (Lipinski definition) is 0. The summed E-state index contributed by atoms with van der Waals surface area (Å²) >= 11 is 0. The Balaban J connectivity index is 1.06. The predicted molar refractivity (Wildman–Crippen MR) is 270 cm³/mol. The third-order valence-corrected chi connectivity index (χ3v) is 13.4. The minimum Gasteiger partial charge on any atom is -0.310 e. The van der Waals surface area contributed by atoms with Crippen molar-refractivity contribution in [1.82, 2.24) is 0 Å². The van der Waals surface area contributed by atoms with E-state index < -0.39 is 5.41 Å². The number of nitrogens with zero attached hydrogens (tertiary/aromatic N) is 1. The van der Waals surface area contributed by atoms with Gasteiger partial charge in [0.05, 0.1) is 11.1 Å². The van der Waals surface area contributed by atoms with Crippen molar-refractivity contribution >= 4 is 38.6 Å². The van der Waals surface area contributed by atoms with Gasteiger partial charge in [0.25, 0.3) is 0 Å². The van der Waals surface area contributed by atoms with Gasteiger partial charge in [0.2, 0.25) is 0 Å². The van der Waals surface area contributed by atoms with Gasteiger partial charge >= 0.3 is 0 Å². The Morgan fingerprint density at radius 1 is 0.266 bits per heavy atom. The molecule has 0 aliphatic heterocycles. The molecule has 0 radical (unpaired) electrons. The molecule has 0 saturated carbocycles. The second kappa shape index (κ2) is 15.6. The summed E-state index contributed by atoms with van der Waals surface area (Å²) in [6, 6.07) is 95.8. The zero-order chi connectivity index (χ0) is 42.5. The summed E-state index contributed by atoms with van der Waals surface area (Å²) in [5, 5.41) is 4.95. The molecule has 0 amide bonds. The SMILES string of the molecule is c1ccc(-c2ccc(-c3ccc(N(c4ccc5c(c4)-c4ccccc4C5(c4ccccc4)c4ccccc4)c4ccccc4-c4cccc5ccccc45)cc3)c3ccccc23)cc1. The molecule has 0 atom stereocenters. The lowest BCUT2D eigenvalue weighted by Crippen LogP contribution is -2.28. The smallest absolute Gasteiger partial charge is 0.0713 e. The first kappa shape index (κ1) is 37.5. The topological polar surface area (TPSA) is 3.24 Å². The summed E-state index contributed by atoms with van der Waals surface area (Å²) in [5.74, 6) is 0. The van der Waals surface area contributed by atoms with Crippen LogP contribution >= 0.6 is 0 Å². The van der Waals surface area contributed by atoms with Crippen LogP contribution in [0.2, 0.25) is 0 Å².